The number of nitrogens with zero attached hydrogens (tertiary/aromatic N) is 9. The highest BCUT2D eigenvalue weighted by molar-refractivity contribution is 5.96. The van der Waals surface area contributed by atoms with E-state index in [4.69, 9.17) is 28.4 Å². The van der Waals surface area contributed by atoms with E-state index in [9.17, 15) is 18.8 Å². The van der Waals surface area contributed by atoms with Gasteiger partial charge in [-0.05, 0) is 42.0 Å². The van der Waals surface area contributed by atoms with Crippen molar-refractivity contribution in [2.24, 2.45) is 17.8 Å². The molecule has 28 heteroatoms. The zero-order chi connectivity index (χ0) is 62.0. The van der Waals surface area contributed by atoms with Gasteiger partial charge in [-0.1, -0.05) is 53.7 Å². The normalized spacial score (nSPS) is 12.8. The molecule has 3 aliphatic heterocycles. The number of nitrogens with one attached hydrogen (secondary N) is 9. The Hall–Kier alpha value is -10.5. The Kier molecular flexibility index (Phi) is 18.7. The monoisotopic (exact) mass is 1210 g/mol. The molecule has 462 valence electrons. The highest BCUT2D eigenvalue weighted by Crippen LogP contribution is 2.42. The molecule has 0 bridgehead atoms. The van der Waals surface area contributed by atoms with Gasteiger partial charge in [-0.25, -0.2) is 19.3 Å². The number of carbonyl (C=O) groups is 3. The lowest BCUT2D eigenvalue weighted by atomic mass is 10.1. The Morgan fingerprint density at radius 1 is 0.443 bits per heavy atom. The molecular weight excluding hydrogens is 1140 g/mol. The molecule has 3 aliphatic rings. The summed E-state index contributed by atoms with van der Waals surface area (Å²) in [5.74, 6) is 7.21. The summed E-state index contributed by atoms with van der Waals surface area (Å²) in [6.45, 7) is 14.7. The molecule has 9 N–H and O–H groups in total. The summed E-state index contributed by atoms with van der Waals surface area (Å²) in [7, 11) is 5.36. The summed E-state index contributed by atoms with van der Waals surface area (Å²) >= 11 is 0. The number of anilines is 12. The molecule has 3 aromatic carbocycles. The lowest BCUT2D eigenvalue weighted by molar-refractivity contribution is -0.117. The average Bonchev–Trinajstić information content (AvgIpc) is 2.24. The maximum Gasteiger partial charge on any atom is 0.224 e. The van der Waals surface area contributed by atoms with Crippen LogP contribution < -0.4 is 76.3 Å². The standard InChI is InChI=1S/C20H23FN6O3.2C20H24N6O3/c1-11(2)6-18(28)25-14-10-23-27-17(22-3)9-16(26-20(14)27)24-13-7-12(21)8-15-19(13)30-5-4-29-15;2*1-12(2)9-18(27)24-14-11-22-26-17(21-3)10-16(25-20(14)26)23-13-5-4-6-15-19(13)29-8-7-28-15/h7-11,22H,4-6H2,1-3H3,(H,24,26)(H,25,28);2*4-6,10-12,21H,7-9H2,1-3H3,(H,23,25)(H,24,27). The van der Waals surface area contributed by atoms with E-state index in [0.29, 0.717) is 156 Å². The number of hydrogen-bond donors (Lipinski definition) is 9. The minimum Gasteiger partial charge on any atom is -0.486 e. The number of para-hydroxylation sites is 2. The van der Waals surface area contributed by atoms with Crippen molar-refractivity contribution < 1.29 is 47.2 Å². The third-order valence-corrected chi connectivity index (χ3v) is 13.3. The Morgan fingerprint density at radius 3 is 1.12 bits per heavy atom. The second-order valence-electron chi connectivity index (χ2n) is 21.7. The first-order valence-electron chi connectivity index (χ1n) is 28.8. The van der Waals surface area contributed by atoms with Gasteiger partial charge in [0.15, 0.2) is 51.4 Å². The van der Waals surface area contributed by atoms with E-state index in [-0.39, 0.29) is 35.5 Å². The van der Waals surface area contributed by atoms with Crippen LogP contribution in [0.3, 0.4) is 0 Å². The number of halogens is 1. The largest absolute Gasteiger partial charge is 0.486 e. The van der Waals surface area contributed by atoms with Crippen LogP contribution in [0.15, 0.2) is 85.3 Å². The number of aromatic nitrogens is 9. The zero-order valence-corrected chi connectivity index (χ0v) is 50.3. The van der Waals surface area contributed by atoms with Gasteiger partial charge in [0.1, 0.15) is 97.4 Å². The second-order valence-corrected chi connectivity index (χ2v) is 21.7. The van der Waals surface area contributed by atoms with Crippen molar-refractivity contribution in [1.29, 1.82) is 0 Å². The maximum atomic E-state index is 14.0. The highest BCUT2D eigenvalue weighted by atomic mass is 19.1. The number of amides is 3. The predicted molar refractivity (Wildman–Crippen MR) is 334 cm³/mol. The molecule has 9 aromatic rings. The van der Waals surface area contributed by atoms with Crippen LogP contribution in [0.4, 0.5) is 73.4 Å². The van der Waals surface area contributed by atoms with Crippen molar-refractivity contribution in [3.05, 3.63) is 91.1 Å². The van der Waals surface area contributed by atoms with Crippen molar-refractivity contribution in [2.75, 3.05) is 109 Å². The van der Waals surface area contributed by atoms with Gasteiger partial charge in [0, 0.05) is 70.7 Å². The van der Waals surface area contributed by atoms with Gasteiger partial charge >= 0.3 is 0 Å². The summed E-state index contributed by atoms with van der Waals surface area (Å²) in [4.78, 5) is 50.5. The van der Waals surface area contributed by atoms with E-state index in [0.717, 1.165) is 23.0 Å². The molecule has 6 aromatic heterocycles. The van der Waals surface area contributed by atoms with Crippen LogP contribution in [0.5, 0.6) is 34.5 Å². The molecule has 9 heterocycles. The Balaban J connectivity index is 0.000000146. The molecule has 0 atom stereocenters. The van der Waals surface area contributed by atoms with Crippen LogP contribution in [0.1, 0.15) is 60.8 Å². The molecular formula is C60H71FN18O9. The van der Waals surface area contributed by atoms with Crippen LogP contribution in [0, 0.1) is 23.6 Å². The van der Waals surface area contributed by atoms with Gasteiger partial charge in [-0.2, -0.15) is 28.8 Å². The molecule has 27 nitrogen and oxygen atoms in total. The third kappa shape index (κ3) is 14.2. The Bertz CT molecular complexity index is 3830. The van der Waals surface area contributed by atoms with E-state index < -0.39 is 5.82 Å². The van der Waals surface area contributed by atoms with Gasteiger partial charge in [0.25, 0.3) is 0 Å². The van der Waals surface area contributed by atoms with Gasteiger partial charge in [0.2, 0.25) is 17.7 Å². The second kappa shape index (κ2) is 27.2. The summed E-state index contributed by atoms with van der Waals surface area (Å²) in [6.07, 6.45) is 6.01. The topological polar surface area (TPSA) is 305 Å². The predicted octanol–water partition coefficient (Wildman–Crippen LogP) is 9.95. The highest BCUT2D eigenvalue weighted by Gasteiger charge is 2.24. The molecule has 0 spiro atoms. The van der Waals surface area contributed by atoms with Crippen LogP contribution in [0.2, 0.25) is 0 Å². The first kappa shape index (κ1) is 60.6. The Labute approximate surface area is 505 Å². The van der Waals surface area contributed by atoms with E-state index in [1.54, 1.807) is 59.3 Å². The molecule has 0 fully saturated rings. The van der Waals surface area contributed by atoms with Crippen LogP contribution >= 0.6 is 0 Å². The van der Waals surface area contributed by atoms with E-state index >= 15 is 0 Å². The van der Waals surface area contributed by atoms with Gasteiger partial charge in [-0.3, -0.25) is 14.4 Å². The molecule has 3 amide bonds. The van der Waals surface area contributed by atoms with Crippen LogP contribution in [-0.2, 0) is 14.4 Å². The molecule has 0 unspecified atom stereocenters. The van der Waals surface area contributed by atoms with Crippen molar-refractivity contribution in [3.63, 3.8) is 0 Å². The van der Waals surface area contributed by atoms with Crippen molar-refractivity contribution in [3.8, 4) is 34.5 Å². The van der Waals surface area contributed by atoms with Crippen LogP contribution in [-0.4, -0.2) is 122 Å². The average molecular weight is 1210 g/mol. The molecule has 12 rings (SSSR count). The van der Waals surface area contributed by atoms with E-state index in [2.05, 4.69) is 78.1 Å². The smallest absolute Gasteiger partial charge is 0.224 e. The number of ether oxygens (including phenoxy) is 6. The lowest BCUT2D eigenvalue weighted by Crippen LogP contribution is -2.17. The molecule has 0 radical (unpaired) electrons. The zero-order valence-electron chi connectivity index (χ0n) is 50.3. The van der Waals surface area contributed by atoms with E-state index in [1.807, 2.05) is 90.1 Å². The fraction of sp³-hybridized carbons (Fsp3) is 0.350. The molecule has 0 aliphatic carbocycles. The summed E-state index contributed by atoms with van der Waals surface area (Å²) in [5.41, 5.74) is 5.05. The van der Waals surface area contributed by atoms with Crippen LogP contribution in [0.25, 0.3) is 16.9 Å². The summed E-state index contributed by atoms with van der Waals surface area (Å²) in [6, 6.07) is 19.3. The minimum absolute atomic E-state index is 0.0660. The fourth-order valence-corrected chi connectivity index (χ4v) is 9.57. The van der Waals surface area contributed by atoms with Crippen molar-refractivity contribution >= 4 is 104 Å². The quantitative estimate of drug-likeness (QED) is 0.0386. The lowest BCUT2D eigenvalue weighted by Gasteiger charge is -2.21. The first-order chi connectivity index (χ1) is 42.5. The Morgan fingerprint density at radius 2 is 0.773 bits per heavy atom. The first-order valence-corrected chi connectivity index (χ1v) is 28.8. The summed E-state index contributed by atoms with van der Waals surface area (Å²) in [5, 5.41) is 40.6. The van der Waals surface area contributed by atoms with E-state index in [1.165, 1.54) is 12.1 Å². The summed E-state index contributed by atoms with van der Waals surface area (Å²) < 4.78 is 52.9. The number of rotatable bonds is 18. The third-order valence-electron chi connectivity index (χ3n) is 13.3. The number of fused-ring (bicyclic) bond motifs is 6. The number of benzene rings is 3. The maximum absolute atomic E-state index is 14.0. The molecule has 0 saturated heterocycles. The van der Waals surface area contributed by atoms with Gasteiger partial charge < -0.3 is 76.3 Å². The van der Waals surface area contributed by atoms with Gasteiger partial charge in [0.05, 0.1) is 35.7 Å². The minimum atomic E-state index is -0.456. The SMILES string of the molecule is CNc1cc(Nc2cc(F)cc3c2OCCO3)nc2c(NC(=O)CC(C)C)cnn12.CNc1cc(Nc2cccc3c2OCCO3)nc2c(NC(=O)CC(C)C)cnn12.CNc1cc(Nc2cccc3c2OCCO3)nc2c(NC(=O)CC(C)C)cnn12. The molecule has 88 heavy (non-hydrogen) atoms. The molecule has 0 saturated carbocycles. The number of hydrogen-bond acceptors (Lipinski definition) is 21. The van der Waals surface area contributed by atoms with Crippen molar-refractivity contribution in [1.82, 2.24) is 43.8 Å². The van der Waals surface area contributed by atoms with Crippen molar-refractivity contribution in [2.45, 2.75) is 60.8 Å². The fourth-order valence-electron chi connectivity index (χ4n) is 9.57. The number of carbonyl (C=O) groups excluding carboxylic acids is 3. The van der Waals surface area contributed by atoms with Gasteiger partial charge in [-0.15, -0.1) is 0 Å².